The normalized spacial score (nSPS) is 11.1. The molecule has 0 spiro atoms. The van der Waals surface area contributed by atoms with Crippen LogP contribution in [-0.4, -0.2) is 22.6 Å². The van der Waals surface area contributed by atoms with E-state index in [0.717, 1.165) is 16.7 Å². The standard InChI is InChI=1S/C29H31ClN2O6/c1-29(2,3)38-28(34)37-26-10-6-5-9-24(26)21-14-12-20(13-15-21)19-31-27(33)11-7-4-8-22-18-23(30)16-17-25(22)32(35)36/h5-6,9-10,12-18H,4,7-8,11,19H2,1-3H3,(H,31,33). The van der Waals surface area contributed by atoms with Gasteiger partial charge in [-0.1, -0.05) is 54.1 Å². The summed E-state index contributed by atoms with van der Waals surface area (Å²) in [6, 6.07) is 19.3. The molecule has 200 valence electrons. The molecule has 0 aliphatic carbocycles. The minimum Gasteiger partial charge on any atom is -0.428 e. The SMILES string of the molecule is CC(C)(C)OC(=O)Oc1ccccc1-c1ccc(CNC(=O)CCCCc2cc(Cl)ccc2[N+](=O)[O-])cc1. The van der Waals surface area contributed by atoms with Crippen LogP contribution in [0.1, 0.15) is 51.2 Å². The number of rotatable bonds is 10. The highest BCUT2D eigenvalue weighted by Crippen LogP contribution is 2.31. The van der Waals surface area contributed by atoms with Gasteiger partial charge in [-0.3, -0.25) is 14.9 Å². The molecule has 1 N–H and O–H groups in total. The van der Waals surface area contributed by atoms with Gasteiger partial charge in [0.15, 0.2) is 0 Å². The number of benzene rings is 3. The van der Waals surface area contributed by atoms with E-state index in [-0.39, 0.29) is 11.6 Å². The topological polar surface area (TPSA) is 108 Å². The lowest BCUT2D eigenvalue weighted by atomic mass is 10.0. The number of nitro benzene ring substituents is 1. The minimum atomic E-state index is -0.768. The summed E-state index contributed by atoms with van der Waals surface area (Å²) in [6.07, 6.45) is 1.26. The third-order valence-corrected chi connectivity index (χ3v) is 5.80. The first-order valence-electron chi connectivity index (χ1n) is 12.3. The Kier molecular flexibility index (Phi) is 9.85. The molecule has 1 amide bonds. The van der Waals surface area contributed by atoms with Crippen molar-refractivity contribution in [2.75, 3.05) is 0 Å². The van der Waals surface area contributed by atoms with Crippen molar-refractivity contribution >= 4 is 29.4 Å². The summed E-state index contributed by atoms with van der Waals surface area (Å²) in [7, 11) is 0. The van der Waals surface area contributed by atoms with Crippen molar-refractivity contribution in [3.63, 3.8) is 0 Å². The highest BCUT2D eigenvalue weighted by atomic mass is 35.5. The second-order valence-corrected chi connectivity index (χ2v) is 10.2. The largest absolute Gasteiger partial charge is 0.514 e. The molecule has 0 heterocycles. The molecule has 38 heavy (non-hydrogen) atoms. The molecular weight excluding hydrogens is 508 g/mol. The monoisotopic (exact) mass is 538 g/mol. The van der Waals surface area contributed by atoms with E-state index in [4.69, 9.17) is 21.1 Å². The van der Waals surface area contributed by atoms with Crippen molar-refractivity contribution in [1.29, 1.82) is 0 Å². The molecule has 8 nitrogen and oxygen atoms in total. The molecule has 0 saturated heterocycles. The van der Waals surface area contributed by atoms with Crippen molar-refractivity contribution in [3.8, 4) is 16.9 Å². The van der Waals surface area contributed by atoms with Crippen molar-refractivity contribution in [2.24, 2.45) is 0 Å². The lowest BCUT2D eigenvalue weighted by Crippen LogP contribution is -2.26. The smallest absolute Gasteiger partial charge is 0.428 e. The predicted molar refractivity (Wildman–Crippen MR) is 146 cm³/mol. The van der Waals surface area contributed by atoms with Crippen LogP contribution in [0.25, 0.3) is 11.1 Å². The molecule has 0 fully saturated rings. The number of nitrogens with one attached hydrogen (secondary N) is 1. The molecule has 0 unspecified atom stereocenters. The van der Waals surface area contributed by atoms with Gasteiger partial charge in [-0.2, -0.15) is 0 Å². The van der Waals surface area contributed by atoms with Crippen LogP contribution in [0.5, 0.6) is 5.75 Å². The number of unbranched alkanes of at least 4 members (excludes halogenated alkanes) is 1. The molecule has 3 aromatic carbocycles. The number of nitrogens with zero attached hydrogens (tertiary/aromatic N) is 1. The Labute approximate surface area is 227 Å². The number of amides is 1. The molecule has 0 saturated carbocycles. The second kappa shape index (κ2) is 13.1. The summed E-state index contributed by atoms with van der Waals surface area (Å²) >= 11 is 5.97. The number of hydrogen-bond donors (Lipinski definition) is 1. The van der Waals surface area contributed by atoms with Crippen LogP contribution in [0.4, 0.5) is 10.5 Å². The first-order chi connectivity index (χ1) is 18.0. The number of carbonyl (C=O) groups excluding carboxylic acids is 2. The van der Waals surface area contributed by atoms with E-state index in [9.17, 15) is 19.7 Å². The Morgan fingerprint density at radius 1 is 1.00 bits per heavy atom. The first kappa shape index (κ1) is 28.7. The fourth-order valence-electron chi connectivity index (χ4n) is 3.78. The van der Waals surface area contributed by atoms with Crippen LogP contribution in [0, 0.1) is 10.1 Å². The van der Waals surface area contributed by atoms with Gasteiger partial charge in [0, 0.05) is 35.2 Å². The summed E-state index contributed by atoms with van der Waals surface area (Å²) in [5.74, 6) is 0.302. The molecule has 9 heteroatoms. The van der Waals surface area contributed by atoms with E-state index in [1.165, 1.54) is 12.1 Å². The van der Waals surface area contributed by atoms with Gasteiger partial charge in [-0.15, -0.1) is 0 Å². The Bertz CT molecular complexity index is 1280. The highest BCUT2D eigenvalue weighted by molar-refractivity contribution is 6.30. The van der Waals surface area contributed by atoms with Gasteiger partial charge in [0.25, 0.3) is 5.69 Å². The lowest BCUT2D eigenvalue weighted by Gasteiger charge is -2.19. The molecule has 0 aromatic heterocycles. The van der Waals surface area contributed by atoms with Crippen LogP contribution in [-0.2, 0) is 22.5 Å². The van der Waals surface area contributed by atoms with Crippen LogP contribution in [0.2, 0.25) is 5.02 Å². The first-order valence-corrected chi connectivity index (χ1v) is 12.7. The maximum Gasteiger partial charge on any atom is 0.514 e. The van der Waals surface area contributed by atoms with Gasteiger partial charge in [0.2, 0.25) is 5.91 Å². The summed E-state index contributed by atoms with van der Waals surface area (Å²) in [4.78, 5) is 35.2. The van der Waals surface area contributed by atoms with Gasteiger partial charge in [0.1, 0.15) is 11.4 Å². The third-order valence-electron chi connectivity index (χ3n) is 5.56. The Balaban J connectivity index is 1.49. The van der Waals surface area contributed by atoms with E-state index in [2.05, 4.69) is 5.32 Å². The number of ether oxygens (including phenoxy) is 2. The van der Waals surface area contributed by atoms with Crippen molar-refractivity contribution in [3.05, 3.63) is 93.0 Å². The zero-order chi connectivity index (χ0) is 27.7. The Morgan fingerprint density at radius 3 is 2.39 bits per heavy atom. The van der Waals surface area contributed by atoms with Gasteiger partial charge >= 0.3 is 6.16 Å². The maximum atomic E-state index is 12.3. The Hall–Kier alpha value is -3.91. The van der Waals surface area contributed by atoms with Crippen LogP contribution in [0.3, 0.4) is 0 Å². The average molecular weight is 539 g/mol. The van der Waals surface area contributed by atoms with E-state index in [1.54, 1.807) is 39.0 Å². The number of nitro groups is 1. The second-order valence-electron chi connectivity index (χ2n) is 9.77. The molecule has 0 aliphatic rings. The van der Waals surface area contributed by atoms with E-state index in [1.807, 2.05) is 36.4 Å². The van der Waals surface area contributed by atoms with Crippen molar-refractivity contribution in [1.82, 2.24) is 5.32 Å². The van der Waals surface area contributed by atoms with Gasteiger partial charge in [-0.25, -0.2) is 4.79 Å². The van der Waals surface area contributed by atoms with Crippen molar-refractivity contribution < 1.29 is 24.0 Å². The number of halogens is 1. The van der Waals surface area contributed by atoms with Gasteiger partial charge in [-0.05, 0) is 69.4 Å². The fraction of sp³-hybridized carbons (Fsp3) is 0.310. The minimum absolute atomic E-state index is 0.0429. The predicted octanol–water partition coefficient (Wildman–Crippen LogP) is 7.26. The summed E-state index contributed by atoms with van der Waals surface area (Å²) in [5, 5.41) is 14.5. The van der Waals surface area contributed by atoms with Crippen LogP contribution in [0.15, 0.2) is 66.7 Å². The lowest BCUT2D eigenvalue weighted by molar-refractivity contribution is -0.385. The van der Waals surface area contributed by atoms with Crippen LogP contribution >= 0.6 is 11.6 Å². The van der Waals surface area contributed by atoms with E-state index >= 15 is 0 Å². The Morgan fingerprint density at radius 2 is 1.71 bits per heavy atom. The average Bonchev–Trinajstić information content (AvgIpc) is 2.85. The van der Waals surface area contributed by atoms with E-state index < -0.39 is 16.7 Å². The number of para-hydroxylation sites is 1. The molecule has 3 aromatic rings. The highest BCUT2D eigenvalue weighted by Gasteiger charge is 2.19. The van der Waals surface area contributed by atoms with Crippen molar-refractivity contribution in [2.45, 2.75) is 58.6 Å². The number of carbonyl (C=O) groups is 2. The zero-order valence-electron chi connectivity index (χ0n) is 21.7. The zero-order valence-corrected chi connectivity index (χ0v) is 22.4. The summed E-state index contributed by atoms with van der Waals surface area (Å²) < 4.78 is 10.7. The molecular formula is C29H31ClN2O6. The molecule has 3 rings (SSSR count). The molecule has 0 bridgehead atoms. The van der Waals surface area contributed by atoms with E-state index in [0.29, 0.717) is 48.6 Å². The number of aryl methyl sites for hydroxylation is 1. The maximum absolute atomic E-state index is 12.3. The summed E-state index contributed by atoms with van der Waals surface area (Å²) in [5.41, 5.74) is 2.47. The quantitative estimate of drug-likeness (QED) is 0.0956. The molecule has 0 radical (unpaired) electrons. The molecule has 0 aliphatic heterocycles. The third kappa shape index (κ3) is 8.88. The fourth-order valence-corrected chi connectivity index (χ4v) is 3.97. The number of hydrogen-bond acceptors (Lipinski definition) is 6. The van der Waals surface area contributed by atoms with Crippen LogP contribution < -0.4 is 10.1 Å². The molecule has 0 atom stereocenters. The van der Waals surface area contributed by atoms with Gasteiger partial charge in [0.05, 0.1) is 4.92 Å². The van der Waals surface area contributed by atoms with Gasteiger partial charge < -0.3 is 14.8 Å². The summed E-state index contributed by atoms with van der Waals surface area (Å²) in [6.45, 7) is 5.68.